The summed E-state index contributed by atoms with van der Waals surface area (Å²) in [7, 11) is 0. The molecule has 0 fully saturated rings. The van der Waals surface area contributed by atoms with Crippen LogP contribution in [0.5, 0.6) is 0 Å². The van der Waals surface area contributed by atoms with Crippen molar-refractivity contribution < 1.29 is 0 Å². The summed E-state index contributed by atoms with van der Waals surface area (Å²) in [6, 6.07) is 25.7. The van der Waals surface area contributed by atoms with E-state index in [4.69, 9.17) is 16.9 Å². The van der Waals surface area contributed by atoms with Gasteiger partial charge >= 0.3 is 0 Å². The standard InChI is InChI=1S/C23H17ClN4S/c1-16-2-8-19(9-3-16)22-26-27-23(28(22)21-12-10-20(24)11-13-21)29-15-18-6-4-17(14-25)5-7-18/h2-13H,15H2,1H3. The van der Waals surface area contributed by atoms with Crippen LogP contribution in [0.4, 0.5) is 0 Å². The lowest BCUT2D eigenvalue weighted by Gasteiger charge is -2.11. The van der Waals surface area contributed by atoms with E-state index in [-0.39, 0.29) is 0 Å². The van der Waals surface area contributed by atoms with Gasteiger partial charge in [-0.15, -0.1) is 10.2 Å². The summed E-state index contributed by atoms with van der Waals surface area (Å²) in [5, 5.41) is 19.4. The first-order valence-electron chi connectivity index (χ1n) is 9.04. The Hall–Kier alpha value is -3.07. The molecule has 0 saturated heterocycles. The van der Waals surface area contributed by atoms with Crippen molar-refractivity contribution in [2.45, 2.75) is 17.8 Å². The molecular weight excluding hydrogens is 400 g/mol. The molecule has 29 heavy (non-hydrogen) atoms. The van der Waals surface area contributed by atoms with Crippen molar-refractivity contribution in [2.75, 3.05) is 0 Å². The zero-order chi connectivity index (χ0) is 20.2. The lowest BCUT2D eigenvalue weighted by Crippen LogP contribution is -1.99. The predicted octanol–water partition coefficient (Wildman–Crippen LogP) is 6.06. The van der Waals surface area contributed by atoms with E-state index in [1.54, 1.807) is 11.8 Å². The van der Waals surface area contributed by atoms with Crippen LogP contribution in [0.3, 0.4) is 0 Å². The average Bonchev–Trinajstić information content (AvgIpc) is 3.17. The molecule has 0 atom stereocenters. The third kappa shape index (κ3) is 4.34. The van der Waals surface area contributed by atoms with E-state index in [1.165, 1.54) is 5.56 Å². The number of hydrogen-bond acceptors (Lipinski definition) is 4. The highest BCUT2D eigenvalue weighted by molar-refractivity contribution is 7.98. The van der Waals surface area contributed by atoms with Gasteiger partial charge in [-0.25, -0.2) is 0 Å². The maximum Gasteiger partial charge on any atom is 0.196 e. The van der Waals surface area contributed by atoms with Gasteiger partial charge in [-0.1, -0.05) is 65.3 Å². The molecule has 0 aliphatic rings. The smallest absolute Gasteiger partial charge is 0.196 e. The van der Waals surface area contributed by atoms with E-state index in [2.05, 4.69) is 52.0 Å². The fourth-order valence-corrected chi connectivity index (χ4v) is 3.93. The first-order chi connectivity index (χ1) is 14.1. The topological polar surface area (TPSA) is 54.5 Å². The van der Waals surface area contributed by atoms with Crippen molar-refractivity contribution in [1.82, 2.24) is 14.8 Å². The molecule has 4 aromatic rings. The van der Waals surface area contributed by atoms with Gasteiger partial charge in [0.15, 0.2) is 11.0 Å². The third-order valence-corrected chi connectivity index (χ3v) is 5.73. The van der Waals surface area contributed by atoms with Crippen molar-refractivity contribution in [3.63, 3.8) is 0 Å². The Kier molecular flexibility index (Phi) is 5.66. The molecule has 0 unspecified atom stereocenters. The molecule has 4 nitrogen and oxygen atoms in total. The Morgan fingerprint density at radius 3 is 2.28 bits per heavy atom. The van der Waals surface area contributed by atoms with Crippen molar-refractivity contribution in [2.24, 2.45) is 0 Å². The molecule has 1 aromatic heterocycles. The van der Waals surface area contributed by atoms with E-state index in [9.17, 15) is 0 Å². The Bertz CT molecular complexity index is 1160. The van der Waals surface area contributed by atoms with Crippen LogP contribution in [0.2, 0.25) is 5.02 Å². The summed E-state index contributed by atoms with van der Waals surface area (Å²) < 4.78 is 2.05. The second-order valence-electron chi connectivity index (χ2n) is 6.58. The first kappa shape index (κ1) is 19.3. The highest BCUT2D eigenvalue weighted by Gasteiger charge is 2.16. The summed E-state index contributed by atoms with van der Waals surface area (Å²) in [6.45, 7) is 2.06. The Labute approximate surface area is 178 Å². The molecule has 0 bridgehead atoms. The highest BCUT2D eigenvalue weighted by atomic mass is 35.5. The van der Waals surface area contributed by atoms with Crippen LogP contribution in [0.1, 0.15) is 16.7 Å². The highest BCUT2D eigenvalue weighted by Crippen LogP contribution is 2.30. The summed E-state index contributed by atoms with van der Waals surface area (Å²) in [4.78, 5) is 0. The summed E-state index contributed by atoms with van der Waals surface area (Å²) in [5.41, 5.74) is 4.93. The van der Waals surface area contributed by atoms with Gasteiger partial charge in [-0.05, 0) is 48.9 Å². The maximum atomic E-state index is 8.96. The zero-order valence-electron chi connectivity index (χ0n) is 15.7. The molecule has 4 rings (SSSR count). The van der Waals surface area contributed by atoms with Crippen LogP contribution in [-0.4, -0.2) is 14.8 Å². The number of nitrogens with zero attached hydrogens (tertiary/aromatic N) is 4. The number of thioether (sulfide) groups is 1. The number of halogens is 1. The molecule has 0 amide bonds. The van der Waals surface area contributed by atoms with Gasteiger partial charge in [-0.3, -0.25) is 4.57 Å². The second-order valence-corrected chi connectivity index (χ2v) is 7.96. The van der Waals surface area contributed by atoms with Gasteiger partial charge in [-0.2, -0.15) is 5.26 Å². The minimum Gasteiger partial charge on any atom is -0.270 e. The fourth-order valence-electron chi connectivity index (χ4n) is 2.90. The van der Waals surface area contributed by atoms with E-state index in [1.807, 2.05) is 48.5 Å². The van der Waals surface area contributed by atoms with Gasteiger partial charge in [0.05, 0.1) is 11.6 Å². The van der Waals surface area contributed by atoms with Crippen LogP contribution < -0.4 is 0 Å². The molecule has 0 N–H and O–H groups in total. The predicted molar refractivity (Wildman–Crippen MR) is 117 cm³/mol. The molecule has 3 aromatic carbocycles. The molecule has 0 aliphatic heterocycles. The van der Waals surface area contributed by atoms with Crippen LogP contribution in [-0.2, 0) is 5.75 Å². The number of rotatable bonds is 5. The third-order valence-electron chi connectivity index (χ3n) is 4.48. The lowest BCUT2D eigenvalue weighted by molar-refractivity contribution is 0.886. The number of aryl methyl sites for hydroxylation is 1. The second kappa shape index (κ2) is 8.52. The monoisotopic (exact) mass is 416 g/mol. The number of aromatic nitrogens is 3. The van der Waals surface area contributed by atoms with E-state index >= 15 is 0 Å². The van der Waals surface area contributed by atoms with E-state index < -0.39 is 0 Å². The Morgan fingerprint density at radius 1 is 0.931 bits per heavy atom. The molecule has 0 radical (unpaired) electrons. The van der Waals surface area contributed by atoms with Gasteiger partial charge < -0.3 is 0 Å². The van der Waals surface area contributed by atoms with Crippen LogP contribution in [0.15, 0.2) is 78.0 Å². The van der Waals surface area contributed by atoms with Crippen LogP contribution >= 0.6 is 23.4 Å². The molecule has 1 heterocycles. The molecule has 0 aliphatic carbocycles. The minimum absolute atomic E-state index is 0.657. The van der Waals surface area contributed by atoms with Crippen LogP contribution in [0.25, 0.3) is 17.1 Å². The van der Waals surface area contributed by atoms with E-state index in [0.29, 0.717) is 10.6 Å². The summed E-state index contributed by atoms with van der Waals surface area (Å²) in [5.74, 6) is 1.51. The van der Waals surface area contributed by atoms with Gasteiger partial charge in [0.2, 0.25) is 0 Å². The average molecular weight is 417 g/mol. The molecule has 142 valence electrons. The lowest BCUT2D eigenvalue weighted by atomic mass is 10.1. The maximum absolute atomic E-state index is 8.96. The zero-order valence-corrected chi connectivity index (χ0v) is 17.3. The van der Waals surface area contributed by atoms with Gasteiger partial charge in [0.1, 0.15) is 0 Å². The van der Waals surface area contributed by atoms with Gasteiger partial charge in [0.25, 0.3) is 0 Å². The molecular formula is C23H17ClN4S. The van der Waals surface area contributed by atoms with Crippen molar-refractivity contribution in [1.29, 1.82) is 5.26 Å². The summed E-state index contributed by atoms with van der Waals surface area (Å²) >= 11 is 7.69. The van der Waals surface area contributed by atoms with Crippen molar-refractivity contribution >= 4 is 23.4 Å². The van der Waals surface area contributed by atoms with E-state index in [0.717, 1.165) is 33.5 Å². The number of hydrogen-bond donors (Lipinski definition) is 0. The largest absolute Gasteiger partial charge is 0.270 e. The normalized spacial score (nSPS) is 10.7. The van der Waals surface area contributed by atoms with Crippen molar-refractivity contribution in [3.05, 3.63) is 94.5 Å². The Morgan fingerprint density at radius 2 is 1.62 bits per heavy atom. The van der Waals surface area contributed by atoms with Crippen LogP contribution in [0, 0.1) is 18.3 Å². The molecule has 0 saturated carbocycles. The molecule has 0 spiro atoms. The first-order valence-corrected chi connectivity index (χ1v) is 10.4. The Balaban J connectivity index is 1.70. The number of nitriles is 1. The SMILES string of the molecule is Cc1ccc(-c2nnc(SCc3ccc(C#N)cc3)n2-c2ccc(Cl)cc2)cc1. The molecule has 6 heteroatoms. The van der Waals surface area contributed by atoms with Gasteiger partial charge in [0, 0.05) is 22.0 Å². The number of benzene rings is 3. The quantitative estimate of drug-likeness (QED) is 0.371. The fraction of sp³-hybridized carbons (Fsp3) is 0.0870. The van der Waals surface area contributed by atoms with Crippen molar-refractivity contribution in [3.8, 4) is 23.1 Å². The minimum atomic E-state index is 0.657. The summed E-state index contributed by atoms with van der Waals surface area (Å²) in [6.07, 6.45) is 0.